The Labute approximate surface area is 97.1 Å². The molecule has 0 aromatic carbocycles. The Kier molecular flexibility index (Phi) is 4.29. The maximum absolute atomic E-state index is 4.62. The van der Waals surface area contributed by atoms with Crippen molar-refractivity contribution in [2.75, 3.05) is 13.6 Å². The van der Waals surface area contributed by atoms with Crippen molar-refractivity contribution in [3.63, 3.8) is 0 Å². The van der Waals surface area contributed by atoms with Crippen LogP contribution in [0.4, 0.5) is 0 Å². The van der Waals surface area contributed by atoms with Gasteiger partial charge in [0, 0.05) is 17.8 Å². The average molecular weight is 226 g/mol. The van der Waals surface area contributed by atoms with Crippen LogP contribution >= 0.6 is 11.3 Å². The van der Waals surface area contributed by atoms with Gasteiger partial charge in [-0.3, -0.25) is 0 Å². The van der Waals surface area contributed by atoms with Crippen LogP contribution in [0.5, 0.6) is 0 Å². The second-order valence-corrected chi connectivity index (χ2v) is 5.91. The van der Waals surface area contributed by atoms with Gasteiger partial charge >= 0.3 is 0 Å². The third-order valence-corrected chi connectivity index (χ3v) is 4.18. The highest BCUT2D eigenvalue weighted by atomic mass is 32.1. The maximum Gasteiger partial charge on any atom is 0.0936 e. The Morgan fingerprint density at radius 3 is 2.47 bits per heavy atom. The molecule has 0 spiro atoms. The van der Waals surface area contributed by atoms with Crippen LogP contribution in [0.25, 0.3) is 0 Å². The number of hydrogen-bond donors (Lipinski definition) is 1. The molecule has 15 heavy (non-hydrogen) atoms. The second kappa shape index (κ2) is 5.08. The van der Waals surface area contributed by atoms with Gasteiger partial charge in [0.1, 0.15) is 0 Å². The van der Waals surface area contributed by atoms with E-state index in [0.717, 1.165) is 13.0 Å². The number of nitrogens with one attached hydrogen (secondary N) is 1. The highest BCUT2D eigenvalue weighted by Crippen LogP contribution is 2.28. The van der Waals surface area contributed by atoms with Gasteiger partial charge in [-0.05, 0) is 32.7 Å². The van der Waals surface area contributed by atoms with E-state index in [2.05, 4.69) is 38.0 Å². The first-order valence-corrected chi connectivity index (χ1v) is 6.40. The van der Waals surface area contributed by atoms with E-state index < -0.39 is 0 Å². The summed E-state index contributed by atoms with van der Waals surface area (Å²) < 4.78 is 0. The van der Waals surface area contributed by atoms with Crippen molar-refractivity contribution >= 4 is 11.3 Å². The Morgan fingerprint density at radius 2 is 2.07 bits per heavy atom. The zero-order chi connectivity index (χ0) is 11.5. The van der Waals surface area contributed by atoms with Crippen LogP contribution in [0.2, 0.25) is 0 Å². The average Bonchev–Trinajstić information content (AvgIpc) is 2.46. The van der Waals surface area contributed by atoms with E-state index in [1.165, 1.54) is 22.0 Å². The van der Waals surface area contributed by atoms with Gasteiger partial charge in [-0.2, -0.15) is 0 Å². The molecule has 1 rings (SSSR count). The van der Waals surface area contributed by atoms with Gasteiger partial charge in [-0.15, -0.1) is 11.3 Å². The zero-order valence-electron chi connectivity index (χ0n) is 10.5. The summed E-state index contributed by atoms with van der Waals surface area (Å²) in [7, 11) is 2.02. The van der Waals surface area contributed by atoms with Crippen LogP contribution in [0.15, 0.2) is 0 Å². The monoisotopic (exact) mass is 226 g/mol. The fourth-order valence-corrected chi connectivity index (χ4v) is 2.87. The predicted octanol–water partition coefficient (Wildman–Crippen LogP) is 2.94. The van der Waals surface area contributed by atoms with Crippen LogP contribution in [0, 0.1) is 19.3 Å². The largest absolute Gasteiger partial charge is 0.319 e. The van der Waals surface area contributed by atoms with Crippen molar-refractivity contribution in [2.45, 2.75) is 40.5 Å². The zero-order valence-corrected chi connectivity index (χ0v) is 11.3. The standard InChI is InChI=1S/C12H22N2S/c1-6-12(4,8-13-5)7-11-14-9(2)10(3)15-11/h13H,6-8H2,1-5H3. The quantitative estimate of drug-likeness (QED) is 0.835. The Balaban J connectivity index is 2.74. The minimum absolute atomic E-state index is 0.339. The topological polar surface area (TPSA) is 24.9 Å². The molecule has 2 nitrogen and oxygen atoms in total. The van der Waals surface area contributed by atoms with Crippen molar-refractivity contribution in [3.05, 3.63) is 15.6 Å². The Bertz CT molecular complexity index is 300. The third-order valence-electron chi connectivity index (χ3n) is 3.11. The fourth-order valence-electron chi connectivity index (χ4n) is 1.72. The third kappa shape index (κ3) is 3.28. The number of thiazole rings is 1. The number of hydrogen-bond acceptors (Lipinski definition) is 3. The molecule has 0 fully saturated rings. The SMILES string of the molecule is CCC(C)(CNC)Cc1nc(C)c(C)s1. The fraction of sp³-hybridized carbons (Fsp3) is 0.750. The summed E-state index contributed by atoms with van der Waals surface area (Å²) in [6.07, 6.45) is 2.27. The summed E-state index contributed by atoms with van der Waals surface area (Å²) in [5, 5.41) is 4.56. The molecular formula is C12H22N2S. The lowest BCUT2D eigenvalue weighted by atomic mass is 9.84. The smallest absolute Gasteiger partial charge is 0.0936 e. The molecule has 0 aliphatic heterocycles. The molecule has 1 unspecified atom stereocenters. The first-order valence-electron chi connectivity index (χ1n) is 5.58. The molecule has 3 heteroatoms. The number of aromatic nitrogens is 1. The molecule has 0 saturated heterocycles. The lowest BCUT2D eigenvalue weighted by Crippen LogP contribution is -2.31. The normalized spacial score (nSPS) is 15.3. The summed E-state index contributed by atoms with van der Waals surface area (Å²) in [5.74, 6) is 0. The minimum atomic E-state index is 0.339. The lowest BCUT2D eigenvalue weighted by Gasteiger charge is -2.26. The van der Waals surface area contributed by atoms with Gasteiger partial charge in [-0.25, -0.2) is 4.98 Å². The molecule has 1 atom stereocenters. The van der Waals surface area contributed by atoms with E-state index in [1.807, 2.05) is 18.4 Å². The van der Waals surface area contributed by atoms with Gasteiger partial charge in [0.25, 0.3) is 0 Å². The highest BCUT2D eigenvalue weighted by Gasteiger charge is 2.23. The first-order chi connectivity index (χ1) is 7.00. The van der Waals surface area contributed by atoms with Crippen LogP contribution in [0.1, 0.15) is 35.8 Å². The van der Waals surface area contributed by atoms with Crippen molar-refractivity contribution in [3.8, 4) is 0 Å². The molecule has 1 aromatic rings. The molecule has 86 valence electrons. The summed E-state index contributed by atoms with van der Waals surface area (Å²) in [5.41, 5.74) is 1.53. The van der Waals surface area contributed by atoms with Crippen molar-refractivity contribution < 1.29 is 0 Å². The molecule has 0 bridgehead atoms. The molecule has 1 aromatic heterocycles. The van der Waals surface area contributed by atoms with Gasteiger partial charge < -0.3 is 5.32 Å². The number of rotatable bonds is 5. The molecule has 1 N–H and O–H groups in total. The van der Waals surface area contributed by atoms with E-state index in [4.69, 9.17) is 0 Å². The van der Waals surface area contributed by atoms with Gasteiger partial charge in [-0.1, -0.05) is 13.8 Å². The van der Waals surface area contributed by atoms with Crippen LogP contribution < -0.4 is 5.32 Å². The number of nitrogens with zero attached hydrogens (tertiary/aromatic N) is 1. The van der Waals surface area contributed by atoms with E-state index >= 15 is 0 Å². The molecule has 0 radical (unpaired) electrons. The first kappa shape index (κ1) is 12.7. The van der Waals surface area contributed by atoms with E-state index in [1.54, 1.807) is 0 Å². The number of aryl methyl sites for hydroxylation is 2. The van der Waals surface area contributed by atoms with Gasteiger partial charge in [0.15, 0.2) is 0 Å². The maximum atomic E-state index is 4.62. The van der Waals surface area contributed by atoms with Gasteiger partial charge in [0.2, 0.25) is 0 Å². The minimum Gasteiger partial charge on any atom is -0.319 e. The molecule has 0 amide bonds. The van der Waals surface area contributed by atoms with Crippen LogP contribution in [0.3, 0.4) is 0 Å². The molecular weight excluding hydrogens is 204 g/mol. The molecule has 0 aliphatic carbocycles. The molecule has 1 heterocycles. The summed E-state index contributed by atoms with van der Waals surface area (Å²) >= 11 is 1.84. The summed E-state index contributed by atoms with van der Waals surface area (Å²) in [6, 6.07) is 0. The van der Waals surface area contributed by atoms with Crippen molar-refractivity contribution in [1.82, 2.24) is 10.3 Å². The highest BCUT2D eigenvalue weighted by molar-refractivity contribution is 7.11. The molecule has 0 saturated carbocycles. The predicted molar refractivity (Wildman–Crippen MR) is 67.6 cm³/mol. The Hall–Kier alpha value is -0.410. The van der Waals surface area contributed by atoms with E-state index in [9.17, 15) is 0 Å². The van der Waals surface area contributed by atoms with Gasteiger partial charge in [0.05, 0.1) is 10.7 Å². The summed E-state index contributed by atoms with van der Waals surface area (Å²) in [4.78, 5) is 5.97. The van der Waals surface area contributed by atoms with Crippen LogP contribution in [-0.2, 0) is 6.42 Å². The van der Waals surface area contributed by atoms with Crippen molar-refractivity contribution in [2.24, 2.45) is 5.41 Å². The summed E-state index contributed by atoms with van der Waals surface area (Å²) in [6.45, 7) is 9.88. The second-order valence-electron chi connectivity index (χ2n) is 4.62. The van der Waals surface area contributed by atoms with Crippen LogP contribution in [-0.4, -0.2) is 18.6 Å². The van der Waals surface area contributed by atoms with Crippen molar-refractivity contribution in [1.29, 1.82) is 0 Å². The van der Waals surface area contributed by atoms with E-state index in [0.29, 0.717) is 5.41 Å². The lowest BCUT2D eigenvalue weighted by molar-refractivity contribution is 0.298. The van der Waals surface area contributed by atoms with E-state index in [-0.39, 0.29) is 0 Å². The Morgan fingerprint density at radius 1 is 1.40 bits per heavy atom. The molecule has 0 aliphatic rings.